The molecule has 1 aromatic rings. The van der Waals surface area contributed by atoms with Crippen LogP contribution >= 0.6 is 0 Å². The summed E-state index contributed by atoms with van der Waals surface area (Å²) in [7, 11) is 1.34. The average molecular weight is 393 g/mol. The second kappa shape index (κ2) is 9.57. The van der Waals surface area contributed by atoms with E-state index in [2.05, 4.69) is 0 Å². The molecular weight excluding hydrogens is 362 g/mol. The number of aliphatic carboxylic acids is 1. The molecule has 0 unspecified atom stereocenters. The minimum atomic E-state index is -1.76. The minimum absolute atomic E-state index is 0.0349. The van der Waals surface area contributed by atoms with Crippen LogP contribution in [0.3, 0.4) is 0 Å². The SMILES string of the molecule is CC(C)C[C@](CC(=O)OCc1ccccc1)(C(=O)O)N(C)C(=O)OC(C)(C)C. The molecule has 7 heteroatoms. The van der Waals surface area contributed by atoms with Crippen LogP contribution in [0.1, 0.15) is 53.0 Å². The van der Waals surface area contributed by atoms with Crippen molar-refractivity contribution >= 4 is 18.0 Å². The predicted octanol–water partition coefficient (Wildman–Crippen LogP) is 3.86. The van der Waals surface area contributed by atoms with Crippen LogP contribution in [0, 0.1) is 5.92 Å². The van der Waals surface area contributed by atoms with Crippen molar-refractivity contribution in [2.45, 2.75) is 65.2 Å². The smallest absolute Gasteiger partial charge is 0.411 e. The van der Waals surface area contributed by atoms with E-state index in [0.717, 1.165) is 10.5 Å². The molecule has 0 heterocycles. The van der Waals surface area contributed by atoms with Gasteiger partial charge in [0, 0.05) is 7.05 Å². The summed E-state index contributed by atoms with van der Waals surface area (Å²) in [5, 5.41) is 9.97. The summed E-state index contributed by atoms with van der Waals surface area (Å²) in [5.74, 6) is -2.04. The second-order valence-corrected chi connectivity index (χ2v) is 8.30. The molecule has 0 aliphatic carbocycles. The van der Waals surface area contributed by atoms with Crippen LogP contribution in [-0.4, -0.2) is 46.2 Å². The first-order chi connectivity index (χ1) is 12.9. The third-order valence-corrected chi connectivity index (χ3v) is 4.13. The molecule has 1 amide bonds. The van der Waals surface area contributed by atoms with Gasteiger partial charge in [0.1, 0.15) is 12.2 Å². The molecule has 0 radical (unpaired) electrons. The number of carboxylic acids is 1. The fourth-order valence-electron chi connectivity index (χ4n) is 2.84. The van der Waals surface area contributed by atoms with E-state index in [9.17, 15) is 19.5 Å². The Balaban J connectivity index is 3.04. The van der Waals surface area contributed by atoms with Gasteiger partial charge >= 0.3 is 18.0 Å². The van der Waals surface area contributed by atoms with Crippen molar-refractivity contribution in [1.82, 2.24) is 4.90 Å². The lowest BCUT2D eigenvalue weighted by Crippen LogP contribution is -2.58. The standard InChI is InChI=1S/C21H31NO6/c1-15(2)12-21(18(24)25,22(6)19(26)28-20(3,4)5)13-17(23)27-14-16-10-8-7-9-11-16/h7-11,15H,12-14H2,1-6H3,(H,24,25)/t21-/m0/s1. The Morgan fingerprint density at radius 2 is 1.68 bits per heavy atom. The van der Waals surface area contributed by atoms with E-state index in [-0.39, 0.29) is 18.9 Å². The quantitative estimate of drug-likeness (QED) is 0.674. The maximum Gasteiger partial charge on any atom is 0.411 e. The summed E-state index contributed by atoms with van der Waals surface area (Å²) in [6.07, 6.45) is -1.19. The third-order valence-electron chi connectivity index (χ3n) is 4.13. The van der Waals surface area contributed by atoms with E-state index in [1.54, 1.807) is 32.9 Å². The fraction of sp³-hybridized carbons (Fsp3) is 0.571. The van der Waals surface area contributed by atoms with Gasteiger partial charge in [-0.2, -0.15) is 0 Å². The first kappa shape index (κ1) is 23.5. The molecule has 156 valence electrons. The molecule has 0 spiro atoms. The van der Waals surface area contributed by atoms with E-state index < -0.39 is 35.6 Å². The van der Waals surface area contributed by atoms with Crippen molar-refractivity contribution in [1.29, 1.82) is 0 Å². The second-order valence-electron chi connectivity index (χ2n) is 8.30. The van der Waals surface area contributed by atoms with Crippen molar-refractivity contribution in [3.63, 3.8) is 0 Å². The number of amides is 1. The molecule has 0 bridgehead atoms. The Morgan fingerprint density at radius 1 is 1.11 bits per heavy atom. The Kier molecular flexibility index (Phi) is 8.02. The minimum Gasteiger partial charge on any atom is -0.479 e. The van der Waals surface area contributed by atoms with Crippen molar-refractivity contribution < 1.29 is 29.0 Å². The van der Waals surface area contributed by atoms with Crippen LogP contribution < -0.4 is 0 Å². The van der Waals surface area contributed by atoms with Gasteiger partial charge < -0.3 is 14.6 Å². The summed E-state index contributed by atoms with van der Waals surface area (Å²) in [4.78, 5) is 38.2. The molecule has 1 atom stereocenters. The lowest BCUT2D eigenvalue weighted by molar-refractivity contribution is -0.161. The first-order valence-electron chi connectivity index (χ1n) is 9.27. The van der Waals surface area contributed by atoms with Crippen molar-refractivity contribution in [2.75, 3.05) is 7.05 Å². The molecule has 0 aromatic heterocycles. The van der Waals surface area contributed by atoms with Gasteiger partial charge in [0.25, 0.3) is 0 Å². The number of nitrogens with zero attached hydrogens (tertiary/aromatic N) is 1. The van der Waals surface area contributed by atoms with E-state index in [4.69, 9.17) is 9.47 Å². The number of carbonyl (C=O) groups is 3. The van der Waals surface area contributed by atoms with Crippen LogP contribution in [0.5, 0.6) is 0 Å². The van der Waals surface area contributed by atoms with Gasteiger partial charge in [0.05, 0.1) is 6.42 Å². The molecule has 28 heavy (non-hydrogen) atoms. The normalized spacial score (nSPS) is 13.5. The maximum atomic E-state index is 12.5. The van der Waals surface area contributed by atoms with Gasteiger partial charge in [-0.05, 0) is 38.7 Å². The van der Waals surface area contributed by atoms with Gasteiger partial charge in [-0.1, -0.05) is 44.2 Å². The Hall–Kier alpha value is -2.57. The fourth-order valence-corrected chi connectivity index (χ4v) is 2.84. The molecule has 7 nitrogen and oxygen atoms in total. The number of carboxylic acid groups (broad SMARTS) is 1. The van der Waals surface area contributed by atoms with E-state index in [1.165, 1.54) is 7.05 Å². The van der Waals surface area contributed by atoms with Gasteiger partial charge in [-0.25, -0.2) is 9.59 Å². The van der Waals surface area contributed by atoms with Crippen LogP contribution in [-0.2, 0) is 25.7 Å². The number of hydrogen-bond donors (Lipinski definition) is 1. The zero-order valence-electron chi connectivity index (χ0n) is 17.5. The maximum absolute atomic E-state index is 12.5. The highest BCUT2D eigenvalue weighted by molar-refractivity contribution is 5.89. The molecule has 1 N–H and O–H groups in total. The Bertz CT molecular complexity index is 680. The number of carbonyl (C=O) groups excluding carboxylic acids is 2. The number of hydrogen-bond acceptors (Lipinski definition) is 5. The topological polar surface area (TPSA) is 93.1 Å². The van der Waals surface area contributed by atoms with Crippen molar-refractivity contribution in [3.8, 4) is 0 Å². The zero-order valence-corrected chi connectivity index (χ0v) is 17.5. The van der Waals surface area contributed by atoms with Crippen LogP contribution in [0.15, 0.2) is 30.3 Å². The molecule has 1 aromatic carbocycles. The number of likely N-dealkylation sites (N-methyl/N-ethyl adjacent to an activating group) is 1. The largest absolute Gasteiger partial charge is 0.479 e. The molecule has 0 fully saturated rings. The average Bonchev–Trinajstić information content (AvgIpc) is 2.57. The molecule has 0 aliphatic rings. The highest BCUT2D eigenvalue weighted by Crippen LogP contribution is 2.30. The van der Waals surface area contributed by atoms with Crippen molar-refractivity contribution in [3.05, 3.63) is 35.9 Å². The first-order valence-corrected chi connectivity index (χ1v) is 9.27. The van der Waals surface area contributed by atoms with Crippen LogP contribution in [0.2, 0.25) is 0 Å². The molecule has 1 rings (SSSR count). The van der Waals surface area contributed by atoms with Crippen LogP contribution in [0.4, 0.5) is 4.79 Å². The number of rotatable bonds is 8. The molecular formula is C21H31NO6. The Labute approximate surface area is 166 Å². The monoisotopic (exact) mass is 393 g/mol. The third kappa shape index (κ3) is 6.87. The highest BCUT2D eigenvalue weighted by atomic mass is 16.6. The lowest BCUT2D eigenvalue weighted by atomic mass is 9.84. The van der Waals surface area contributed by atoms with Gasteiger partial charge in [0.15, 0.2) is 5.54 Å². The summed E-state index contributed by atoms with van der Waals surface area (Å²) in [5.41, 5.74) is -1.76. The Morgan fingerprint density at radius 3 is 2.14 bits per heavy atom. The predicted molar refractivity (Wildman–Crippen MR) is 105 cm³/mol. The van der Waals surface area contributed by atoms with Crippen molar-refractivity contribution in [2.24, 2.45) is 5.92 Å². The molecule has 0 aliphatic heterocycles. The number of ether oxygens (including phenoxy) is 2. The lowest BCUT2D eigenvalue weighted by Gasteiger charge is -2.39. The number of benzene rings is 1. The van der Waals surface area contributed by atoms with E-state index in [1.807, 2.05) is 32.0 Å². The summed E-state index contributed by atoms with van der Waals surface area (Å²) >= 11 is 0. The molecule has 0 saturated carbocycles. The summed E-state index contributed by atoms with van der Waals surface area (Å²) in [6.45, 7) is 8.77. The number of esters is 1. The van der Waals surface area contributed by atoms with Gasteiger partial charge in [-0.3, -0.25) is 9.69 Å². The van der Waals surface area contributed by atoms with Crippen LogP contribution in [0.25, 0.3) is 0 Å². The molecule has 0 saturated heterocycles. The zero-order chi connectivity index (χ0) is 21.5. The summed E-state index contributed by atoms with van der Waals surface area (Å²) in [6, 6.07) is 9.09. The van der Waals surface area contributed by atoms with E-state index in [0.29, 0.717) is 0 Å². The van der Waals surface area contributed by atoms with Gasteiger partial charge in [-0.15, -0.1) is 0 Å². The summed E-state index contributed by atoms with van der Waals surface area (Å²) < 4.78 is 10.6. The highest BCUT2D eigenvalue weighted by Gasteiger charge is 2.48. The van der Waals surface area contributed by atoms with Gasteiger partial charge in [0.2, 0.25) is 0 Å². The van der Waals surface area contributed by atoms with E-state index >= 15 is 0 Å².